The number of aliphatic hydroxyl groups excluding tert-OH is 1. The first-order valence-electron chi connectivity index (χ1n) is 13.1. The quantitative estimate of drug-likeness (QED) is 0.252. The Balaban J connectivity index is 1.39. The van der Waals surface area contributed by atoms with Crippen molar-refractivity contribution in [2.24, 2.45) is 13.0 Å². The molecule has 7 heteroatoms. The van der Waals surface area contributed by atoms with Gasteiger partial charge in [-0.15, -0.1) is 0 Å². The second kappa shape index (κ2) is 11.8. The molecule has 1 atom stereocenters. The van der Waals surface area contributed by atoms with Gasteiger partial charge in [0.05, 0.1) is 5.56 Å². The third kappa shape index (κ3) is 6.60. The monoisotopic (exact) mass is 515 g/mol. The molecular weight excluding hydrogens is 481 g/mol. The van der Waals surface area contributed by atoms with Gasteiger partial charge in [-0.1, -0.05) is 48.5 Å². The number of hydrogen-bond acceptors (Lipinski definition) is 5. The van der Waals surface area contributed by atoms with Crippen LogP contribution in [-0.4, -0.2) is 45.6 Å². The molecule has 0 bridgehead atoms. The number of ether oxygens (including phenoxy) is 2. The fourth-order valence-electron chi connectivity index (χ4n) is 4.61. The fraction of sp³-hybridized carbons (Fsp3) is 0.323. The number of para-hydroxylation sites is 1. The molecular formula is C31H34FN3O3. The Morgan fingerprint density at radius 3 is 2.45 bits per heavy atom. The van der Waals surface area contributed by atoms with Gasteiger partial charge >= 0.3 is 0 Å². The van der Waals surface area contributed by atoms with Gasteiger partial charge in [0.2, 0.25) is 5.88 Å². The predicted octanol–water partition coefficient (Wildman–Crippen LogP) is 5.98. The van der Waals surface area contributed by atoms with Crippen LogP contribution < -0.4 is 9.47 Å². The van der Waals surface area contributed by atoms with Crippen molar-refractivity contribution in [1.29, 1.82) is 0 Å². The second-order valence-electron chi connectivity index (χ2n) is 10.0. The van der Waals surface area contributed by atoms with Gasteiger partial charge in [-0.3, -0.25) is 4.90 Å². The van der Waals surface area contributed by atoms with Gasteiger partial charge < -0.3 is 14.6 Å². The molecule has 1 N–H and O–H groups in total. The molecule has 1 aromatic heterocycles. The largest absolute Gasteiger partial charge is 0.491 e. The number of rotatable bonds is 12. The van der Waals surface area contributed by atoms with Crippen LogP contribution in [0.2, 0.25) is 0 Å². The summed E-state index contributed by atoms with van der Waals surface area (Å²) in [5.74, 6) is 2.23. The molecule has 1 unspecified atom stereocenters. The van der Waals surface area contributed by atoms with Gasteiger partial charge in [-0.05, 0) is 61.6 Å². The van der Waals surface area contributed by atoms with Crippen molar-refractivity contribution in [3.05, 3.63) is 95.8 Å². The van der Waals surface area contributed by atoms with Gasteiger partial charge in [0.1, 0.15) is 35.7 Å². The summed E-state index contributed by atoms with van der Waals surface area (Å²) in [4.78, 5) is 2.27. The molecule has 198 valence electrons. The first-order chi connectivity index (χ1) is 18.5. The lowest BCUT2D eigenvalue weighted by atomic mass is 10.1. The number of aromatic nitrogens is 2. The van der Waals surface area contributed by atoms with Crippen molar-refractivity contribution in [2.75, 3.05) is 19.7 Å². The van der Waals surface area contributed by atoms with E-state index in [1.165, 1.54) is 25.0 Å². The van der Waals surface area contributed by atoms with E-state index in [2.05, 4.69) is 4.90 Å². The summed E-state index contributed by atoms with van der Waals surface area (Å²) in [5.41, 5.74) is 3.79. The van der Waals surface area contributed by atoms with E-state index in [0.717, 1.165) is 34.7 Å². The highest BCUT2D eigenvalue weighted by molar-refractivity contribution is 5.65. The minimum Gasteiger partial charge on any atom is -0.491 e. The lowest BCUT2D eigenvalue weighted by Gasteiger charge is -2.26. The average Bonchev–Trinajstić information content (AvgIpc) is 3.69. The zero-order valence-electron chi connectivity index (χ0n) is 21.9. The first-order valence-corrected chi connectivity index (χ1v) is 13.1. The summed E-state index contributed by atoms with van der Waals surface area (Å²) in [6.07, 6.45) is 1.74. The molecule has 6 nitrogen and oxygen atoms in total. The molecule has 3 aromatic carbocycles. The maximum Gasteiger partial charge on any atom is 0.222 e. The van der Waals surface area contributed by atoms with Crippen LogP contribution in [0.3, 0.4) is 0 Å². The lowest BCUT2D eigenvalue weighted by Crippen LogP contribution is -2.36. The number of nitrogens with zero attached hydrogens (tertiary/aromatic N) is 3. The van der Waals surface area contributed by atoms with Crippen LogP contribution in [0.15, 0.2) is 78.9 Å². The number of hydrogen-bond donors (Lipinski definition) is 1. The van der Waals surface area contributed by atoms with E-state index >= 15 is 0 Å². The maximum atomic E-state index is 13.5. The molecule has 0 spiro atoms. The SMILES string of the molecule is Cc1ccccc1OCC(O)CN(Cc1c(-c2ccccc2)nn(C)c1Oc1ccc(F)cc1)CC1CC1. The number of aliphatic hydroxyl groups is 1. The summed E-state index contributed by atoms with van der Waals surface area (Å²) >= 11 is 0. The van der Waals surface area contributed by atoms with E-state index in [-0.39, 0.29) is 12.4 Å². The molecule has 0 radical (unpaired) electrons. The molecule has 38 heavy (non-hydrogen) atoms. The van der Waals surface area contributed by atoms with Gasteiger partial charge in [-0.2, -0.15) is 5.10 Å². The molecule has 5 rings (SSSR count). The zero-order chi connectivity index (χ0) is 26.5. The van der Waals surface area contributed by atoms with Crippen LogP contribution in [0.5, 0.6) is 17.4 Å². The molecule has 0 amide bonds. The zero-order valence-corrected chi connectivity index (χ0v) is 21.9. The van der Waals surface area contributed by atoms with Crippen molar-refractivity contribution >= 4 is 0 Å². The smallest absolute Gasteiger partial charge is 0.222 e. The third-order valence-electron chi connectivity index (χ3n) is 6.75. The summed E-state index contributed by atoms with van der Waals surface area (Å²) in [6.45, 7) is 4.09. The minimum atomic E-state index is -0.660. The molecule has 4 aromatic rings. The molecule has 0 aliphatic heterocycles. The van der Waals surface area contributed by atoms with E-state index in [9.17, 15) is 9.50 Å². The molecule has 1 aliphatic rings. The summed E-state index contributed by atoms with van der Waals surface area (Å²) in [5, 5.41) is 15.8. The first kappa shape index (κ1) is 25.9. The van der Waals surface area contributed by atoms with E-state index in [4.69, 9.17) is 14.6 Å². The predicted molar refractivity (Wildman–Crippen MR) is 146 cm³/mol. The number of aryl methyl sites for hydroxylation is 2. The van der Waals surface area contributed by atoms with Crippen molar-refractivity contribution < 1.29 is 19.0 Å². The van der Waals surface area contributed by atoms with Crippen molar-refractivity contribution in [2.45, 2.75) is 32.4 Å². The summed E-state index contributed by atoms with van der Waals surface area (Å²) < 4.78 is 27.4. The maximum absolute atomic E-state index is 13.5. The standard InChI is InChI=1S/C31H34FN3O3/c1-22-8-6-7-11-29(22)37-21-26(36)19-35(18-23-12-13-23)20-28-30(24-9-4-3-5-10-24)33-34(2)31(28)38-27-16-14-25(32)15-17-27/h3-11,14-17,23,26,36H,12-13,18-21H2,1-2H3. The van der Waals surface area contributed by atoms with E-state index < -0.39 is 6.10 Å². The minimum absolute atomic E-state index is 0.212. The van der Waals surface area contributed by atoms with Crippen molar-refractivity contribution in [3.8, 4) is 28.6 Å². The number of halogens is 1. The highest BCUT2D eigenvalue weighted by atomic mass is 19.1. The highest BCUT2D eigenvalue weighted by Gasteiger charge is 2.28. The van der Waals surface area contributed by atoms with Crippen LogP contribution in [0, 0.1) is 18.7 Å². The van der Waals surface area contributed by atoms with Gasteiger partial charge in [0.15, 0.2) is 0 Å². The topological polar surface area (TPSA) is 59.8 Å². The van der Waals surface area contributed by atoms with Crippen molar-refractivity contribution in [1.82, 2.24) is 14.7 Å². The Hall–Kier alpha value is -3.68. The Kier molecular flexibility index (Phi) is 8.05. The van der Waals surface area contributed by atoms with Crippen LogP contribution in [0.4, 0.5) is 4.39 Å². The Bertz CT molecular complexity index is 1340. The normalized spacial score (nSPS) is 14.0. The highest BCUT2D eigenvalue weighted by Crippen LogP contribution is 2.36. The van der Waals surface area contributed by atoms with Crippen LogP contribution >= 0.6 is 0 Å². The lowest BCUT2D eigenvalue weighted by molar-refractivity contribution is 0.0635. The third-order valence-corrected chi connectivity index (χ3v) is 6.75. The summed E-state index contributed by atoms with van der Waals surface area (Å²) in [7, 11) is 1.85. The van der Waals surface area contributed by atoms with Crippen molar-refractivity contribution in [3.63, 3.8) is 0 Å². The number of benzene rings is 3. The van der Waals surface area contributed by atoms with E-state index in [1.807, 2.05) is 68.6 Å². The fourth-order valence-corrected chi connectivity index (χ4v) is 4.61. The summed E-state index contributed by atoms with van der Waals surface area (Å²) in [6, 6.07) is 23.8. The van der Waals surface area contributed by atoms with Gasteiger partial charge in [0.25, 0.3) is 0 Å². The Morgan fingerprint density at radius 1 is 1.03 bits per heavy atom. The van der Waals surface area contributed by atoms with Gasteiger partial charge in [0, 0.05) is 32.2 Å². The molecule has 1 fully saturated rings. The molecule has 0 saturated heterocycles. The Morgan fingerprint density at radius 2 is 1.74 bits per heavy atom. The van der Waals surface area contributed by atoms with Crippen LogP contribution in [-0.2, 0) is 13.6 Å². The molecule has 1 saturated carbocycles. The average molecular weight is 516 g/mol. The second-order valence-corrected chi connectivity index (χ2v) is 10.0. The van der Waals surface area contributed by atoms with Crippen LogP contribution in [0.1, 0.15) is 24.0 Å². The van der Waals surface area contributed by atoms with Crippen LogP contribution in [0.25, 0.3) is 11.3 Å². The molecule has 1 aliphatic carbocycles. The van der Waals surface area contributed by atoms with E-state index in [0.29, 0.717) is 30.6 Å². The van der Waals surface area contributed by atoms with Gasteiger partial charge in [-0.25, -0.2) is 9.07 Å². The van der Waals surface area contributed by atoms with E-state index in [1.54, 1.807) is 16.8 Å². The Labute approximate surface area is 223 Å². The molecule has 1 heterocycles.